The topological polar surface area (TPSA) is 66.8 Å². The van der Waals surface area contributed by atoms with Crippen LogP contribution in [0.2, 0.25) is 0 Å². The van der Waals surface area contributed by atoms with E-state index in [4.69, 9.17) is 4.74 Å². The van der Waals surface area contributed by atoms with Crippen molar-refractivity contribution in [1.82, 2.24) is 4.90 Å². The highest BCUT2D eigenvalue weighted by molar-refractivity contribution is 5.95. The van der Waals surface area contributed by atoms with Crippen molar-refractivity contribution in [2.75, 3.05) is 0 Å². The third kappa shape index (κ3) is 5.05. The molecule has 1 N–H and O–H groups in total. The highest BCUT2D eigenvalue weighted by Crippen LogP contribution is 2.44. The van der Waals surface area contributed by atoms with Crippen LogP contribution in [0.5, 0.6) is 0 Å². The molecule has 5 nitrogen and oxygen atoms in total. The van der Waals surface area contributed by atoms with Gasteiger partial charge in [-0.1, -0.05) is 29.8 Å². The van der Waals surface area contributed by atoms with E-state index < -0.39 is 41.0 Å². The van der Waals surface area contributed by atoms with E-state index in [0.29, 0.717) is 28.8 Å². The van der Waals surface area contributed by atoms with E-state index in [9.17, 15) is 27.9 Å². The zero-order chi connectivity index (χ0) is 28.1. The van der Waals surface area contributed by atoms with Crippen molar-refractivity contribution < 1.29 is 32.6 Å². The maximum absolute atomic E-state index is 13.8. The molecule has 1 heterocycles. The van der Waals surface area contributed by atoms with Crippen LogP contribution in [0.3, 0.4) is 0 Å². The Kier molecular flexibility index (Phi) is 7.14. The standard InChI is InChI=1S/C30H30F3NO4/c1-15-7-9-18(10-8-15)24-16(2)20-13-34(28(35)19-11-22(31)26(33)23(32)12-19)14-21(20)17(3)25(24)27(29(36)37)38-30(4,5)6/h7-12,27H,13-14H2,1-6H3,(H,36,37)/t27-/m0/s1. The van der Waals surface area contributed by atoms with Crippen molar-refractivity contribution in [2.45, 2.75) is 66.3 Å². The van der Waals surface area contributed by atoms with Crippen molar-refractivity contribution in [3.8, 4) is 11.1 Å². The van der Waals surface area contributed by atoms with Gasteiger partial charge in [-0.3, -0.25) is 4.79 Å². The van der Waals surface area contributed by atoms with Crippen LogP contribution >= 0.6 is 0 Å². The van der Waals surface area contributed by atoms with E-state index in [-0.39, 0.29) is 18.7 Å². The number of carbonyl (C=O) groups excluding carboxylic acids is 1. The summed E-state index contributed by atoms with van der Waals surface area (Å²) in [6.45, 7) is 11.2. The quantitative estimate of drug-likeness (QED) is 0.373. The Morgan fingerprint density at radius 2 is 1.45 bits per heavy atom. The first-order valence-corrected chi connectivity index (χ1v) is 12.3. The lowest BCUT2D eigenvalue weighted by molar-refractivity contribution is -0.160. The highest BCUT2D eigenvalue weighted by Gasteiger charge is 2.36. The number of carboxylic acid groups (broad SMARTS) is 1. The lowest BCUT2D eigenvalue weighted by Gasteiger charge is -2.29. The van der Waals surface area contributed by atoms with Gasteiger partial charge in [-0.2, -0.15) is 0 Å². The molecule has 0 unspecified atom stereocenters. The highest BCUT2D eigenvalue weighted by atomic mass is 19.2. The van der Waals surface area contributed by atoms with E-state index in [1.54, 1.807) is 27.7 Å². The van der Waals surface area contributed by atoms with Crippen molar-refractivity contribution in [2.24, 2.45) is 0 Å². The number of amides is 1. The molecule has 1 amide bonds. The second-order valence-corrected chi connectivity index (χ2v) is 10.7. The summed E-state index contributed by atoms with van der Waals surface area (Å²) in [5.74, 6) is -6.31. The molecule has 1 atom stereocenters. The molecule has 0 aliphatic carbocycles. The number of aryl methyl sites for hydroxylation is 1. The van der Waals surface area contributed by atoms with Gasteiger partial charge < -0.3 is 14.7 Å². The van der Waals surface area contributed by atoms with Gasteiger partial charge in [-0.05, 0) is 87.1 Å². The summed E-state index contributed by atoms with van der Waals surface area (Å²) in [6.07, 6.45) is -1.28. The maximum atomic E-state index is 13.8. The number of carboxylic acids is 1. The molecule has 1 aliphatic heterocycles. The van der Waals surface area contributed by atoms with Gasteiger partial charge in [-0.15, -0.1) is 0 Å². The van der Waals surface area contributed by atoms with Gasteiger partial charge in [0.1, 0.15) is 0 Å². The van der Waals surface area contributed by atoms with E-state index >= 15 is 0 Å². The normalized spacial score (nSPS) is 14.0. The van der Waals surface area contributed by atoms with Gasteiger partial charge in [0.2, 0.25) is 0 Å². The van der Waals surface area contributed by atoms with Crippen LogP contribution in [-0.4, -0.2) is 27.5 Å². The van der Waals surface area contributed by atoms with Crippen LogP contribution in [0.1, 0.15) is 70.6 Å². The first-order chi connectivity index (χ1) is 17.7. The first kappa shape index (κ1) is 27.4. The molecule has 0 aromatic heterocycles. The van der Waals surface area contributed by atoms with Crippen molar-refractivity contribution in [3.05, 3.63) is 92.8 Å². The van der Waals surface area contributed by atoms with E-state index in [2.05, 4.69) is 0 Å². The monoisotopic (exact) mass is 525 g/mol. The van der Waals surface area contributed by atoms with Crippen LogP contribution in [0.15, 0.2) is 36.4 Å². The molecule has 0 radical (unpaired) electrons. The predicted molar refractivity (Wildman–Crippen MR) is 137 cm³/mol. The molecule has 4 rings (SSSR count). The number of hydrogen-bond donors (Lipinski definition) is 1. The Morgan fingerprint density at radius 3 is 1.95 bits per heavy atom. The summed E-state index contributed by atoms with van der Waals surface area (Å²) in [7, 11) is 0. The smallest absolute Gasteiger partial charge is 0.337 e. The Morgan fingerprint density at radius 1 is 0.921 bits per heavy atom. The van der Waals surface area contributed by atoms with Crippen LogP contribution in [0.25, 0.3) is 11.1 Å². The molecule has 38 heavy (non-hydrogen) atoms. The minimum Gasteiger partial charge on any atom is -0.479 e. The molecule has 0 fully saturated rings. The van der Waals surface area contributed by atoms with Crippen LogP contribution < -0.4 is 0 Å². The van der Waals surface area contributed by atoms with Crippen molar-refractivity contribution in [3.63, 3.8) is 0 Å². The predicted octanol–water partition coefficient (Wildman–Crippen LogP) is 6.79. The fourth-order valence-electron chi connectivity index (χ4n) is 5.03. The van der Waals surface area contributed by atoms with Crippen molar-refractivity contribution in [1.29, 1.82) is 0 Å². The average Bonchev–Trinajstić information content (AvgIpc) is 3.29. The number of ether oxygens (including phenoxy) is 1. The summed E-state index contributed by atoms with van der Waals surface area (Å²) < 4.78 is 47.2. The fraction of sp³-hybridized carbons (Fsp3) is 0.333. The third-order valence-corrected chi connectivity index (χ3v) is 6.83. The summed E-state index contributed by atoms with van der Waals surface area (Å²) >= 11 is 0. The lowest BCUT2D eigenvalue weighted by Crippen LogP contribution is -2.28. The second kappa shape index (κ2) is 9.91. The molecule has 0 saturated carbocycles. The molecule has 3 aromatic carbocycles. The number of hydrogen-bond acceptors (Lipinski definition) is 3. The first-order valence-electron chi connectivity index (χ1n) is 12.3. The molecule has 1 aliphatic rings. The molecule has 0 spiro atoms. The minimum atomic E-state index is -1.64. The largest absolute Gasteiger partial charge is 0.479 e. The molecule has 0 saturated heterocycles. The van der Waals surface area contributed by atoms with Crippen LogP contribution in [-0.2, 0) is 22.6 Å². The van der Waals surface area contributed by atoms with E-state index in [0.717, 1.165) is 27.8 Å². The number of benzene rings is 3. The van der Waals surface area contributed by atoms with E-state index in [1.807, 2.05) is 38.1 Å². The average molecular weight is 526 g/mol. The van der Waals surface area contributed by atoms with Gasteiger partial charge in [0.25, 0.3) is 5.91 Å². The van der Waals surface area contributed by atoms with Gasteiger partial charge in [0.15, 0.2) is 23.6 Å². The number of fused-ring (bicyclic) bond motifs is 1. The Balaban J connectivity index is 1.88. The molecule has 8 heteroatoms. The van der Waals surface area contributed by atoms with Gasteiger partial charge in [-0.25, -0.2) is 18.0 Å². The summed E-state index contributed by atoms with van der Waals surface area (Å²) in [4.78, 5) is 27.2. The Labute approximate surface area is 219 Å². The Bertz CT molecular complexity index is 1420. The maximum Gasteiger partial charge on any atom is 0.337 e. The summed E-state index contributed by atoms with van der Waals surface area (Å²) in [5, 5.41) is 10.2. The number of nitrogens with zero attached hydrogens (tertiary/aromatic N) is 1. The minimum absolute atomic E-state index is 0.102. The van der Waals surface area contributed by atoms with Gasteiger partial charge in [0, 0.05) is 24.2 Å². The third-order valence-electron chi connectivity index (χ3n) is 6.83. The number of rotatable bonds is 5. The Hall–Kier alpha value is -3.65. The fourth-order valence-corrected chi connectivity index (χ4v) is 5.03. The second-order valence-electron chi connectivity index (χ2n) is 10.7. The number of carbonyl (C=O) groups is 2. The molecule has 0 bridgehead atoms. The van der Waals surface area contributed by atoms with Crippen LogP contribution in [0, 0.1) is 38.2 Å². The molecular weight excluding hydrogens is 495 g/mol. The zero-order valence-electron chi connectivity index (χ0n) is 22.2. The molecule has 3 aromatic rings. The lowest BCUT2D eigenvalue weighted by atomic mass is 9.83. The SMILES string of the molecule is Cc1ccc(-c2c(C)c3c(c(C)c2[C@H](OC(C)(C)C)C(=O)O)CN(C(=O)c2cc(F)c(F)c(F)c2)C3)cc1. The molecular formula is C30H30F3NO4. The number of aliphatic carboxylic acids is 1. The van der Waals surface area contributed by atoms with Crippen LogP contribution in [0.4, 0.5) is 13.2 Å². The summed E-state index contributed by atoms with van der Waals surface area (Å²) in [6, 6.07) is 9.09. The summed E-state index contributed by atoms with van der Waals surface area (Å²) in [5.41, 5.74) is 5.06. The van der Waals surface area contributed by atoms with E-state index in [1.165, 1.54) is 4.90 Å². The van der Waals surface area contributed by atoms with Crippen molar-refractivity contribution >= 4 is 11.9 Å². The molecule has 200 valence electrons. The zero-order valence-corrected chi connectivity index (χ0v) is 22.2. The van der Waals surface area contributed by atoms with Gasteiger partial charge >= 0.3 is 5.97 Å². The number of halogens is 3. The van der Waals surface area contributed by atoms with Gasteiger partial charge in [0.05, 0.1) is 5.60 Å².